The fourth-order valence-electron chi connectivity index (χ4n) is 11.0. The lowest BCUT2D eigenvalue weighted by atomic mass is 9.62. The van der Waals surface area contributed by atoms with Crippen molar-refractivity contribution in [2.75, 3.05) is 19.2 Å². The first-order valence-electron chi connectivity index (χ1n) is 23.5. The fraction of sp³-hybridized carbons (Fsp3) is 0.0508. The SMILES string of the molecule is CC1(C)c2cc(B3N(c4ccccc4)c4ccccc4N3c3cccc(-c4ncccn4)c3)ccc2-c2ccc(B3N(c4ccccc4)c4ccccc4N3c3cccc(-c4ncccn4)c3)cc21. The van der Waals surface area contributed by atoms with Gasteiger partial charge in [-0.2, -0.15) is 0 Å². The van der Waals surface area contributed by atoms with Gasteiger partial charge >= 0.3 is 14.0 Å². The maximum Gasteiger partial charge on any atom is 0.420 e. The van der Waals surface area contributed by atoms with Crippen molar-refractivity contribution in [1.82, 2.24) is 19.9 Å². The highest BCUT2D eigenvalue weighted by atomic mass is 15.3. The van der Waals surface area contributed by atoms with Gasteiger partial charge in [-0.3, -0.25) is 0 Å². The smallest absolute Gasteiger partial charge is 0.360 e. The molecule has 0 radical (unpaired) electrons. The molecule has 0 unspecified atom stereocenters. The molecule has 2 aliphatic heterocycles. The van der Waals surface area contributed by atoms with E-state index in [0.29, 0.717) is 11.6 Å². The normalized spacial score (nSPS) is 14.2. The highest BCUT2D eigenvalue weighted by Crippen LogP contribution is 2.52. The molecule has 2 aromatic heterocycles. The zero-order chi connectivity index (χ0) is 46.1. The standard InChI is InChI=1S/C59H44B2N8/c1-59(2)51-39-43(60-66(45-19-5-3-6-20-45)53-25-9-11-27-55(53)68(60)47-23-13-17-41(37-47)57-62-33-15-34-63-57)29-31-49(51)50-32-30-44(40-52(50)59)61-67(46-21-7-4-8-22-46)54-26-10-12-28-56(54)69(61)48-24-14-18-42(38-48)58-64-35-16-36-65-58/h3-40H,1-2H3. The summed E-state index contributed by atoms with van der Waals surface area (Å²) in [6.07, 6.45) is 7.21. The van der Waals surface area contributed by atoms with E-state index in [1.165, 1.54) is 33.2 Å². The quantitative estimate of drug-likeness (QED) is 0.140. The van der Waals surface area contributed by atoms with Gasteiger partial charge in [-0.1, -0.05) is 135 Å². The number of anilines is 8. The van der Waals surface area contributed by atoms with Crippen molar-refractivity contribution in [1.29, 1.82) is 0 Å². The third-order valence-corrected chi connectivity index (χ3v) is 14.1. The predicted octanol–water partition coefficient (Wildman–Crippen LogP) is 12.3. The summed E-state index contributed by atoms with van der Waals surface area (Å²) in [6.45, 7) is 4.40. The third kappa shape index (κ3) is 6.62. The summed E-state index contributed by atoms with van der Waals surface area (Å²) in [6, 6.07) is 74.4. The van der Waals surface area contributed by atoms with E-state index in [-0.39, 0.29) is 19.4 Å². The minimum atomic E-state index is -0.326. The van der Waals surface area contributed by atoms with Crippen LogP contribution in [0.15, 0.2) is 231 Å². The van der Waals surface area contributed by atoms with Crippen LogP contribution in [0.5, 0.6) is 0 Å². The van der Waals surface area contributed by atoms with Crippen LogP contribution >= 0.6 is 0 Å². The largest absolute Gasteiger partial charge is 0.420 e. The third-order valence-electron chi connectivity index (χ3n) is 14.1. The van der Waals surface area contributed by atoms with Crippen LogP contribution in [0.1, 0.15) is 25.0 Å². The number of nitrogens with zero attached hydrogens (tertiary/aromatic N) is 8. The van der Waals surface area contributed by atoms with E-state index >= 15 is 0 Å². The molecule has 69 heavy (non-hydrogen) atoms. The summed E-state index contributed by atoms with van der Waals surface area (Å²) in [5, 5.41) is 0. The van der Waals surface area contributed by atoms with Gasteiger partial charge in [0.15, 0.2) is 11.6 Å². The van der Waals surface area contributed by atoms with Gasteiger partial charge in [-0.15, -0.1) is 0 Å². The molecular weight excluding hydrogens is 842 g/mol. The Hall–Kier alpha value is -8.75. The van der Waals surface area contributed by atoms with Gasteiger partial charge in [0, 0.05) is 64.1 Å². The van der Waals surface area contributed by atoms with E-state index in [1.54, 1.807) is 24.8 Å². The Morgan fingerprint density at radius 3 is 1.07 bits per heavy atom. The van der Waals surface area contributed by atoms with Crippen molar-refractivity contribution in [3.63, 3.8) is 0 Å². The molecule has 1 aliphatic carbocycles. The number of para-hydroxylation sites is 6. The number of benzene rings is 8. The van der Waals surface area contributed by atoms with E-state index in [2.05, 4.69) is 247 Å². The van der Waals surface area contributed by atoms with Crippen LogP contribution in [0.4, 0.5) is 45.5 Å². The number of hydrogen-bond acceptors (Lipinski definition) is 8. The molecule has 0 saturated heterocycles. The second-order valence-electron chi connectivity index (χ2n) is 18.4. The van der Waals surface area contributed by atoms with E-state index in [4.69, 9.17) is 0 Å². The minimum absolute atomic E-state index is 0.195. The highest BCUT2D eigenvalue weighted by molar-refractivity contribution is 6.85. The van der Waals surface area contributed by atoms with Gasteiger partial charge in [0.05, 0.1) is 22.7 Å². The molecule has 8 aromatic carbocycles. The molecule has 13 rings (SSSR count). The molecule has 0 spiro atoms. The maximum atomic E-state index is 4.62. The maximum absolute atomic E-state index is 4.62. The number of hydrogen-bond donors (Lipinski definition) is 0. The Balaban J connectivity index is 0.943. The fourth-order valence-corrected chi connectivity index (χ4v) is 11.0. The monoisotopic (exact) mass is 886 g/mol. The highest BCUT2D eigenvalue weighted by Gasteiger charge is 2.47. The molecule has 10 heteroatoms. The lowest BCUT2D eigenvalue weighted by Gasteiger charge is -2.32. The lowest BCUT2D eigenvalue weighted by molar-refractivity contribution is 0.661. The molecule has 0 amide bonds. The first-order valence-corrected chi connectivity index (χ1v) is 23.5. The van der Waals surface area contributed by atoms with E-state index in [0.717, 1.165) is 56.6 Å². The average Bonchev–Trinajstić information content (AvgIpc) is 4.03. The molecule has 0 saturated carbocycles. The van der Waals surface area contributed by atoms with Gasteiger partial charge < -0.3 is 19.2 Å². The lowest BCUT2D eigenvalue weighted by Crippen LogP contribution is -2.53. The Kier molecular flexibility index (Phi) is 9.54. The summed E-state index contributed by atoms with van der Waals surface area (Å²) in [7, 11) is 0. The zero-order valence-corrected chi connectivity index (χ0v) is 38.2. The Labute approximate surface area is 403 Å². The Morgan fingerprint density at radius 1 is 0.333 bits per heavy atom. The first-order chi connectivity index (χ1) is 34.0. The van der Waals surface area contributed by atoms with Crippen molar-refractivity contribution in [2.24, 2.45) is 0 Å². The topological polar surface area (TPSA) is 64.5 Å². The minimum Gasteiger partial charge on any atom is -0.360 e. The molecule has 0 fully saturated rings. The van der Waals surface area contributed by atoms with Crippen molar-refractivity contribution in [3.05, 3.63) is 242 Å². The molecule has 0 bridgehead atoms. The predicted molar refractivity (Wildman–Crippen MR) is 284 cm³/mol. The van der Waals surface area contributed by atoms with Crippen LogP contribution < -0.4 is 30.2 Å². The number of aromatic nitrogens is 4. The number of fused-ring (bicyclic) bond motifs is 5. The van der Waals surface area contributed by atoms with Crippen molar-refractivity contribution >= 4 is 70.4 Å². The second-order valence-corrected chi connectivity index (χ2v) is 18.4. The summed E-state index contributed by atoms with van der Waals surface area (Å²) in [5.74, 6) is 1.40. The molecular formula is C59H44B2N8. The summed E-state index contributed by atoms with van der Waals surface area (Å²) < 4.78 is 0. The Bertz CT molecular complexity index is 3310. The van der Waals surface area contributed by atoms with Crippen LogP contribution in [-0.2, 0) is 5.41 Å². The van der Waals surface area contributed by atoms with E-state index in [1.807, 2.05) is 12.1 Å². The number of rotatable bonds is 8. The molecule has 3 aliphatic rings. The Morgan fingerprint density at radius 2 is 0.681 bits per heavy atom. The second kappa shape index (κ2) is 16.2. The molecule has 10 aromatic rings. The molecule has 8 nitrogen and oxygen atoms in total. The van der Waals surface area contributed by atoms with Gasteiger partial charge in [0.25, 0.3) is 0 Å². The van der Waals surface area contributed by atoms with Gasteiger partial charge in [-0.25, -0.2) is 19.9 Å². The van der Waals surface area contributed by atoms with Crippen LogP contribution in [-0.4, -0.2) is 33.9 Å². The molecule has 4 heterocycles. The summed E-state index contributed by atoms with van der Waals surface area (Å²) >= 11 is 0. The van der Waals surface area contributed by atoms with Gasteiger partial charge in [0.2, 0.25) is 0 Å². The van der Waals surface area contributed by atoms with E-state index in [9.17, 15) is 0 Å². The summed E-state index contributed by atoms with van der Waals surface area (Å²) in [4.78, 5) is 28.4. The molecule has 0 N–H and O–H groups in total. The molecule has 326 valence electrons. The van der Waals surface area contributed by atoms with Crippen molar-refractivity contribution in [2.45, 2.75) is 19.3 Å². The van der Waals surface area contributed by atoms with Crippen molar-refractivity contribution in [3.8, 4) is 33.9 Å². The van der Waals surface area contributed by atoms with Gasteiger partial charge in [0.1, 0.15) is 0 Å². The molecule has 0 atom stereocenters. The van der Waals surface area contributed by atoms with Crippen molar-refractivity contribution < 1.29 is 0 Å². The zero-order valence-electron chi connectivity index (χ0n) is 38.2. The summed E-state index contributed by atoms with van der Waals surface area (Å²) in [5.41, 5.74) is 18.1. The van der Waals surface area contributed by atoms with E-state index < -0.39 is 0 Å². The van der Waals surface area contributed by atoms with Crippen LogP contribution in [0, 0.1) is 0 Å². The van der Waals surface area contributed by atoms with Gasteiger partial charge in [-0.05, 0) is 118 Å². The van der Waals surface area contributed by atoms with Crippen LogP contribution in [0.3, 0.4) is 0 Å². The van der Waals surface area contributed by atoms with Crippen LogP contribution in [0.25, 0.3) is 33.9 Å². The average molecular weight is 887 g/mol. The first kappa shape index (κ1) is 40.5. The van der Waals surface area contributed by atoms with Crippen LogP contribution in [0.2, 0.25) is 0 Å².